The van der Waals surface area contributed by atoms with Gasteiger partial charge in [0, 0.05) is 26.3 Å². The Bertz CT molecular complexity index is 562. The average molecular weight is 299 g/mol. The molecule has 114 valence electrons. The van der Waals surface area contributed by atoms with Crippen LogP contribution < -0.4 is 4.90 Å². The van der Waals surface area contributed by atoms with Crippen LogP contribution in [0, 0.1) is 11.3 Å². The van der Waals surface area contributed by atoms with Gasteiger partial charge < -0.3 is 9.80 Å². The van der Waals surface area contributed by atoms with E-state index in [1.54, 1.807) is 21.0 Å². The van der Waals surface area contributed by atoms with Crippen molar-refractivity contribution in [1.82, 2.24) is 4.90 Å². The standard InChI is InChI=1S/C14H16F3N3O/c1-4-20(9-13(21)19(2)3)11-6-5-10(8-18)12(7-11)14(15,16)17/h5-7H,4,9H2,1-3H3. The Kier molecular flexibility index (Phi) is 5.19. The largest absolute Gasteiger partial charge is 0.417 e. The number of carbonyl (C=O) groups is 1. The first-order valence-electron chi connectivity index (χ1n) is 6.27. The van der Waals surface area contributed by atoms with Gasteiger partial charge in [-0.3, -0.25) is 4.79 Å². The number of alkyl halides is 3. The van der Waals surface area contributed by atoms with Crippen LogP contribution in [0.15, 0.2) is 18.2 Å². The summed E-state index contributed by atoms with van der Waals surface area (Å²) in [5, 5.41) is 8.76. The van der Waals surface area contributed by atoms with Gasteiger partial charge in [0.2, 0.25) is 5.91 Å². The fraction of sp³-hybridized carbons (Fsp3) is 0.429. The van der Waals surface area contributed by atoms with Gasteiger partial charge in [-0.25, -0.2) is 0 Å². The molecule has 0 saturated heterocycles. The molecule has 0 fully saturated rings. The van der Waals surface area contributed by atoms with Crippen molar-refractivity contribution in [2.45, 2.75) is 13.1 Å². The molecular formula is C14H16F3N3O. The van der Waals surface area contributed by atoms with Crippen LogP contribution in [-0.2, 0) is 11.0 Å². The first-order chi connectivity index (χ1) is 9.70. The van der Waals surface area contributed by atoms with Gasteiger partial charge in [0.25, 0.3) is 0 Å². The predicted octanol–water partition coefficient (Wildman–Crippen LogP) is 2.49. The summed E-state index contributed by atoms with van der Waals surface area (Å²) in [4.78, 5) is 14.6. The van der Waals surface area contributed by atoms with Crippen LogP contribution in [0.5, 0.6) is 0 Å². The van der Waals surface area contributed by atoms with Gasteiger partial charge in [-0.1, -0.05) is 0 Å². The maximum absolute atomic E-state index is 12.9. The molecule has 0 aliphatic heterocycles. The average Bonchev–Trinajstić information content (AvgIpc) is 2.42. The molecule has 0 N–H and O–H groups in total. The second kappa shape index (κ2) is 6.48. The first-order valence-corrected chi connectivity index (χ1v) is 6.27. The second-order valence-corrected chi connectivity index (χ2v) is 4.64. The Hall–Kier alpha value is -2.23. The molecule has 1 aromatic rings. The molecule has 0 atom stereocenters. The number of likely N-dealkylation sites (N-methyl/N-ethyl adjacent to an activating group) is 2. The molecule has 21 heavy (non-hydrogen) atoms. The zero-order chi connectivity index (χ0) is 16.2. The lowest BCUT2D eigenvalue weighted by Crippen LogP contribution is -2.36. The molecule has 4 nitrogen and oxygen atoms in total. The molecule has 1 rings (SSSR count). The maximum Gasteiger partial charge on any atom is 0.417 e. The normalized spacial score (nSPS) is 10.9. The van der Waals surface area contributed by atoms with E-state index in [-0.39, 0.29) is 18.1 Å². The summed E-state index contributed by atoms with van der Waals surface area (Å²) < 4.78 is 38.8. The van der Waals surface area contributed by atoms with Gasteiger partial charge in [0.15, 0.2) is 0 Å². The van der Waals surface area contributed by atoms with Crippen LogP contribution in [0.3, 0.4) is 0 Å². The molecule has 0 radical (unpaired) electrons. The topological polar surface area (TPSA) is 47.3 Å². The summed E-state index contributed by atoms with van der Waals surface area (Å²) in [6.07, 6.45) is -4.61. The minimum Gasteiger partial charge on any atom is -0.362 e. The van der Waals surface area contributed by atoms with Gasteiger partial charge >= 0.3 is 6.18 Å². The highest BCUT2D eigenvalue weighted by atomic mass is 19.4. The van der Waals surface area contributed by atoms with Gasteiger partial charge in [0.1, 0.15) is 0 Å². The lowest BCUT2D eigenvalue weighted by atomic mass is 10.1. The minimum atomic E-state index is -4.61. The summed E-state index contributed by atoms with van der Waals surface area (Å²) >= 11 is 0. The number of benzene rings is 1. The van der Waals surface area contributed by atoms with Crippen molar-refractivity contribution in [3.8, 4) is 6.07 Å². The predicted molar refractivity (Wildman–Crippen MR) is 72.7 cm³/mol. The Morgan fingerprint density at radius 3 is 2.38 bits per heavy atom. The number of hydrogen-bond donors (Lipinski definition) is 0. The van der Waals surface area contributed by atoms with Crippen LogP contribution in [0.25, 0.3) is 0 Å². The zero-order valence-electron chi connectivity index (χ0n) is 12.0. The molecule has 0 aliphatic carbocycles. The quantitative estimate of drug-likeness (QED) is 0.858. The number of rotatable bonds is 4. The third kappa shape index (κ3) is 4.12. The van der Waals surface area contributed by atoms with E-state index < -0.39 is 17.3 Å². The van der Waals surface area contributed by atoms with Crippen LogP contribution in [0.2, 0.25) is 0 Å². The Labute approximate surface area is 121 Å². The summed E-state index contributed by atoms with van der Waals surface area (Å²) in [6.45, 7) is 2.10. The number of amides is 1. The highest BCUT2D eigenvalue weighted by molar-refractivity contribution is 5.81. The van der Waals surface area contributed by atoms with Gasteiger partial charge in [-0.05, 0) is 25.1 Å². The molecule has 0 saturated carbocycles. The van der Waals surface area contributed by atoms with Crippen LogP contribution >= 0.6 is 0 Å². The van der Waals surface area contributed by atoms with E-state index in [1.165, 1.54) is 21.9 Å². The first kappa shape index (κ1) is 16.8. The van der Waals surface area contributed by atoms with Crippen LogP contribution in [0.1, 0.15) is 18.1 Å². The zero-order valence-corrected chi connectivity index (χ0v) is 12.0. The molecule has 7 heteroatoms. The van der Waals surface area contributed by atoms with Crippen molar-refractivity contribution in [2.24, 2.45) is 0 Å². The van der Waals surface area contributed by atoms with Crippen molar-refractivity contribution in [3.63, 3.8) is 0 Å². The fourth-order valence-corrected chi connectivity index (χ4v) is 1.75. The Morgan fingerprint density at radius 2 is 1.95 bits per heavy atom. The number of nitrogens with zero attached hydrogens (tertiary/aromatic N) is 3. The van der Waals surface area contributed by atoms with E-state index in [9.17, 15) is 18.0 Å². The molecule has 1 amide bonds. The lowest BCUT2D eigenvalue weighted by molar-refractivity contribution is -0.137. The summed E-state index contributed by atoms with van der Waals surface area (Å²) in [7, 11) is 3.16. The van der Waals surface area contributed by atoms with E-state index in [2.05, 4.69) is 0 Å². The van der Waals surface area contributed by atoms with Crippen molar-refractivity contribution < 1.29 is 18.0 Å². The van der Waals surface area contributed by atoms with Crippen molar-refractivity contribution in [3.05, 3.63) is 29.3 Å². The molecule has 1 aromatic carbocycles. The van der Waals surface area contributed by atoms with E-state index in [4.69, 9.17) is 5.26 Å². The highest BCUT2D eigenvalue weighted by Gasteiger charge is 2.34. The van der Waals surface area contributed by atoms with Gasteiger partial charge in [0.05, 0.1) is 23.7 Å². The minimum absolute atomic E-state index is 0.0211. The fourth-order valence-electron chi connectivity index (χ4n) is 1.75. The number of hydrogen-bond acceptors (Lipinski definition) is 3. The summed E-state index contributed by atoms with van der Waals surface area (Å²) in [6, 6.07) is 4.98. The molecule has 0 unspecified atom stereocenters. The monoisotopic (exact) mass is 299 g/mol. The Morgan fingerprint density at radius 1 is 1.33 bits per heavy atom. The number of nitriles is 1. The Balaban J connectivity index is 3.18. The lowest BCUT2D eigenvalue weighted by Gasteiger charge is -2.25. The number of halogens is 3. The highest BCUT2D eigenvalue weighted by Crippen LogP contribution is 2.34. The third-order valence-corrected chi connectivity index (χ3v) is 3.00. The number of carbonyl (C=O) groups excluding carboxylic acids is 1. The molecule has 0 aliphatic rings. The van der Waals surface area contributed by atoms with Crippen molar-refractivity contribution >= 4 is 11.6 Å². The molecule has 0 spiro atoms. The second-order valence-electron chi connectivity index (χ2n) is 4.64. The summed E-state index contributed by atoms with van der Waals surface area (Å²) in [5.41, 5.74) is -1.15. The summed E-state index contributed by atoms with van der Waals surface area (Å²) in [5.74, 6) is -0.213. The van der Waals surface area contributed by atoms with E-state index in [0.717, 1.165) is 12.1 Å². The maximum atomic E-state index is 12.9. The van der Waals surface area contributed by atoms with Crippen LogP contribution in [-0.4, -0.2) is 38.0 Å². The molecule has 0 bridgehead atoms. The van der Waals surface area contributed by atoms with E-state index in [1.807, 2.05) is 0 Å². The van der Waals surface area contributed by atoms with Crippen molar-refractivity contribution in [2.75, 3.05) is 32.1 Å². The molecule has 0 heterocycles. The molecule has 0 aromatic heterocycles. The number of anilines is 1. The van der Waals surface area contributed by atoms with E-state index >= 15 is 0 Å². The van der Waals surface area contributed by atoms with Gasteiger partial charge in [-0.2, -0.15) is 18.4 Å². The van der Waals surface area contributed by atoms with E-state index in [0.29, 0.717) is 6.54 Å². The van der Waals surface area contributed by atoms with Crippen LogP contribution in [0.4, 0.5) is 18.9 Å². The van der Waals surface area contributed by atoms with Crippen molar-refractivity contribution in [1.29, 1.82) is 5.26 Å². The third-order valence-electron chi connectivity index (χ3n) is 3.00. The SMILES string of the molecule is CCN(CC(=O)N(C)C)c1ccc(C#N)c(C(F)(F)F)c1. The smallest absolute Gasteiger partial charge is 0.362 e. The molecular weight excluding hydrogens is 283 g/mol. The van der Waals surface area contributed by atoms with Gasteiger partial charge in [-0.15, -0.1) is 0 Å².